The molecule has 0 unspecified atom stereocenters. The van der Waals surface area contributed by atoms with E-state index in [2.05, 4.69) is 10.5 Å². The van der Waals surface area contributed by atoms with Gasteiger partial charge in [-0.15, -0.1) is 0 Å². The topological polar surface area (TPSA) is 90.1 Å². The van der Waals surface area contributed by atoms with Crippen molar-refractivity contribution in [2.75, 3.05) is 14.2 Å². The number of benzene rings is 3. The number of amides is 1. The Labute approximate surface area is 190 Å². The Morgan fingerprint density at radius 3 is 2.42 bits per heavy atom. The van der Waals surface area contributed by atoms with Gasteiger partial charge >= 0.3 is 5.97 Å². The second-order valence-corrected chi connectivity index (χ2v) is 7.32. The summed E-state index contributed by atoms with van der Waals surface area (Å²) in [6, 6.07) is 20.1. The summed E-state index contributed by atoms with van der Waals surface area (Å²) in [6.45, 7) is 1.88. The van der Waals surface area contributed by atoms with E-state index in [1.165, 1.54) is 20.4 Å². The van der Waals surface area contributed by atoms with Crippen LogP contribution in [-0.2, 0) is 4.74 Å². The summed E-state index contributed by atoms with van der Waals surface area (Å²) in [5.41, 5.74) is 5.08. The van der Waals surface area contributed by atoms with Crippen molar-refractivity contribution in [3.8, 4) is 17.1 Å². The number of furan rings is 1. The summed E-state index contributed by atoms with van der Waals surface area (Å²) in [4.78, 5) is 24.4. The van der Waals surface area contributed by atoms with E-state index in [1.54, 1.807) is 36.4 Å². The molecule has 33 heavy (non-hydrogen) atoms. The van der Waals surface area contributed by atoms with Crippen LogP contribution in [0.5, 0.6) is 5.75 Å². The van der Waals surface area contributed by atoms with Gasteiger partial charge in [0.05, 0.1) is 31.6 Å². The first-order chi connectivity index (χ1) is 16.0. The summed E-state index contributed by atoms with van der Waals surface area (Å²) in [5, 5.41) is 5.92. The minimum atomic E-state index is -0.394. The average molecular weight is 442 g/mol. The van der Waals surface area contributed by atoms with E-state index >= 15 is 0 Å². The SMILES string of the molecule is COC(=O)c1ccc(-c2ccc(C=NNC(=O)c3cc4ccccc4cc3OC)o2)c(C)c1. The standard InChI is InChI=1S/C26H22N2O5/c1-16-12-19(26(30)32-3)8-10-21(16)23-11-9-20(33-23)15-27-28-25(29)22-13-17-6-4-5-7-18(17)14-24(22)31-2/h4-15H,1-3H3,(H,28,29). The molecule has 0 aliphatic carbocycles. The highest BCUT2D eigenvalue weighted by Gasteiger charge is 2.14. The Bertz CT molecular complexity index is 1370. The van der Waals surface area contributed by atoms with E-state index in [9.17, 15) is 9.59 Å². The zero-order valence-electron chi connectivity index (χ0n) is 18.4. The molecule has 0 radical (unpaired) electrons. The van der Waals surface area contributed by atoms with Gasteiger partial charge in [0.1, 0.15) is 17.3 Å². The summed E-state index contributed by atoms with van der Waals surface area (Å²) >= 11 is 0. The molecule has 0 saturated heterocycles. The van der Waals surface area contributed by atoms with Crippen LogP contribution in [0.4, 0.5) is 0 Å². The molecule has 1 aromatic heterocycles. The molecule has 0 aliphatic rings. The van der Waals surface area contributed by atoms with Gasteiger partial charge in [-0.25, -0.2) is 10.2 Å². The Balaban J connectivity index is 1.49. The minimum Gasteiger partial charge on any atom is -0.496 e. The highest BCUT2D eigenvalue weighted by Crippen LogP contribution is 2.27. The van der Waals surface area contributed by atoms with Gasteiger partial charge in [0.15, 0.2) is 0 Å². The van der Waals surface area contributed by atoms with Crippen LogP contribution in [0.1, 0.15) is 32.0 Å². The molecule has 4 aromatic rings. The molecule has 0 bridgehead atoms. The van der Waals surface area contributed by atoms with Gasteiger partial charge in [-0.1, -0.05) is 30.3 Å². The lowest BCUT2D eigenvalue weighted by Crippen LogP contribution is -2.18. The van der Waals surface area contributed by atoms with Crippen LogP contribution in [0.3, 0.4) is 0 Å². The predicted molar refractivity (Wildman–Crippen MR) is 126 cm³/mol. The molecule has 0 aliphatic heterocycles. The molecule has 7 heteroatoms. The van der Waals surface area contributed by atoms with Crippen molar-refractivity contribution in [1.29, 1.82) is 0 Å². The number of ether oxygens (including phenoxy) is 2. The van der Waals surface area contributed by atoms with Crippen LogP contribution in [0, 0.1) is 6.92 Å². The molecule has 1 amide bonds. The molecule has 0 saturated carbocycles. The first kappa shape index (κ1) is 21.8. The summed E-state index contributed by atoms with van der Waals surface area (Å²) in [7, 11) is 2.87. The number of aryl methyl sites for hydroxylation is 1. The lowest BCUT2D eigenvalue weighted by atomic mass is 10.0. The fraction of sp³-hybridized carbons (Fsp3) is 0.115. The number of rotatable bonds is 6. The van der Waals surface area contributed by atoms with Crippen molar-refractivity contribution in [2.45, 2.75) is 6.92 Å². The second kappa shape index (κ2) is 9.40. The fourth-order valence-corrected chi connectivity index (χ4v) is 3.53. The Morgan fingerprint density at radius 1 is 0.970 bits per heavy atom. The van der Waals surface area contributed by atoms with Gasteiger partial charge in [0.2, 0.25) is 0 Å². The molecule has 0 atom stereocenters. The molecule has 4 rings (SSSR count). The van der Waals surface area contributed by atoms with Gasteiger partial charge < -0.3 is 13.9 Å². The molecule has 166 valence electrons. The molecule has 0 spiro atoms. The van der Waals surface area contributed by atoms with E-state index in [0.717, 1.165) is 21.9 Å². The summed E-state index contributed by atoms with van der Waals surface area (Å²) < 4.78 is 15.9. The zero-order chi connectivity index (χ0) is 23.4. The fourth-order valence-electron chi connectivity index (χ4n) is 3.53. The molecular formula is C26H22N2O5. The highest BCUT2D eigenvalue weighted by atomic mass is 16.5. The summed E-state index contributed by atoms with van der Waals surface area (Å²) in [6.07, 6.45) is 1.42. The lowest BCUT2D eigenvalue weighted by molar-refractivity contribution is 0.0600. The normalized spacial score (nSPS) is 11.0. The van der Waals surface area contributed by atoms with Crippen LogP contribution >= 0.6 is 0 Å². The van der Waals surface area contributed by atoms with Crippen molar-refractivity contribution in [2.24, 2.45) is 5.10 Å². The smallest absolute Gasteiger partial charge is 0.337 e. The number of carbonyl (C=O) groups excluding carboxylic acids is 2. The number of nitrogens with one attached hydrogen (secondary N) is 1. The number of nitrogens with zero attached hydrogens (tertiary/aromatic N) is 1. The Morgan fingerprint density at radius 2 is 1.73 bits per heavy atom. The number of fused-ring (bicyclic) bond motifs is 1. The van der Waals surface area contributed by atoms with Gasteiger partial charge in [-0.2, -0.15) is 5.10 Å². The van der Waals surface area contributed by atoms with Gasteiger partial charge in [-0.05, 0) is 59.7 Å². The Kier molecular flexibility index (Phi) is 6.22. The summed E-state index contributed by atoms with van der Waals surface area (Å²) in [5.74, 6) is 0.762. The van der Waals surface area contributed by atoms with Crippen molar-refractivity contribution in [1.82, 2.24) is 5.43 Å². The average Bonchev–Trinajstić information content (AvgIpc) is 3.30. The van der Waals surface area contributed by atoms with Crippen molar-refractivity contribution in [3.05, 3.63) is 89.2 Å². The maximum atomic E-state index is 12.7. The molecule has 1 heterocycles. The molecule has 3 aromatic carbocycles. The number of esters is 1. The minimum absolute atomic E-state index is 0.384. The molecular weight excluding hydrogens is 420 g/mol. The third-order valence-corrected chi connectivity index (χ3v) is 5.21. The monoisotopic (exact) mass is 442 g/mol. The van der Waals surface area contributed by atoms with Crippen molar-refractivity contribution < 1.29 is 23.5 Å². The molecule has 0 fully saturated rings. The van der Waals surface area contributed by atoms with Crippen LogP contribution < -0.4 is 10.2 Å². The van der Waals surface area contributed by atoms with E-state index in [1.807, 2.05) is 37.3 Å². The van der Waals surface area contributed by atoms with Gasteiger partial charge in [-0.3, -0.25) is 4.79 Å². The van der Waals surface area contributed by atoms with Crippen molar-refractivity contribution in [3.63, 3.8) is 0 Å². The van der Waals surface area contributed by atoms with E-state index < -0.39 is 11.9 Å². The van der Waals surface area contributed by atoms with E-state index in [-0.39, 0.29) is 0 Å². The second-order valence-electron chi connectivity index (χ2n) is 7.32. The largest absolute Gasteiger partial charge is 0.496 e. The quantitative estimate of drug-likeness (QED) is 0.259. The van der Waals surface area contributed by atoms with Gasteiger partial charge in [0, 0.05) is 5.56 Å². The van der Waals surface area contributed by atoms with E-state index in [0.29, 0.717) is 28.4 Å². The number of carbonyl (C=O) groups is 2. The van der Waals surface area contributed by atoms with Crippen molar-refractivity contribution >= 4 is 28.9 Å². The van der Waals surface area contributed by atoms with E-state index in [4.69, 9.17) is 13.9 Å². The van der Waals surface area contributed by atoms with Crippen LogP contribution in [0.15, 0.2) is 76.2 Å². The third kappa shape index (κ3) is 4.62. The van der Waals surface area contributed by atoms with Crippen LogP contribution in [0.25, 0.3) is 22.1 Å². The van der Waals surface area contributed by atoms with Gasteiger partial charge in [0.25, 0.3) is 5.91 Å². The third-order valence-electron chi connectivity index (χ3n) is 5.21. The van der Waals surface area contributed by atoms with Crippen LogP contribution in [-0.4, -0.2) is 32.3 Å². The molecule has 7 nitrogen and oxygen atoms in total. The first-order valence-corrected chi connectivity index (χ1v) is 10.2. The number of hydrogen-bond acceptors (Lipinski definition) is 6. The molecule has 1 N–H and O–H groups in total. The first-order valence-electron chi connectivity index (χ1n) is 10.2. The maximum Gasteiger partial charge on any atom is 0.337 e. The Hall–Kier alpha value is -4.39. The number of methoxy groups -OCH3 is 2. The zero-order valence-corrected chi connectivity index (χ0v) is 18.4. The highest BCUT2D eigenvalue weighted by molar-refractivity contribution is 6.02. The lowest BCUT2D eigenvalue weighted by Gasteiger charge is -2.09. The maximum absolute atomic E-state index is 12.7. The number of hydrogen-bond donors (Lipinski definition) is 1. The predicted octanol–water partition coefficient (Wildman–Crippen LogP) is 4.97. The number of hydrazone groups is 1. The van der Waals surface area contributed by atoms with Crippen LogP contribution in [0.2, 0.25) is 0 Å².